The molecule has 16 heavy (non-hydrogen) atoms. The topological polar surface area (TPSA) is 95.1 Å². The number of amides is 1. The number of aromatic nitrogens is 2. The van der Waals surface area contributed by atoms with Crippen LogP contribution < -0.4 is 10.9 Å². The zero-order valence-corrected chi connectivity index (χ0v) is 8.44. The van der Waals surface area contributed by atoms with E-state index >= 15 is 0 Å². The van der Waals surface area contributed by atoms with Crippen molar-refractivity contribution in [2.45, 2.75) is 6.92 Å². The molecule has 0 unspecified atom stereocenters. The molecule has 3 N–H and O–H groups in total. The Kier molecular flexibility index (Phi) is 2.32. The van der Waals surface area contributed by atoms with Crippen LogP contribution in [0.25, 0.3) is 11.0 Å². The lowest BCUT2D eigenvalue weighted by Gasteiger charge is -2.03. The van der Waals surface area contributed by atoms with Crippen LogP contribution >= 0.6 is 0 Å². The van der Waals surface area contributed by atoms with E-state index in [4.69, 9.17) is 0 Å². The summed E-state index contributed by atoms with van der Waals surface area (Å²) in [5.41, 5.74) is -0.214. The number of hydrogen-bond donors (Lipinski definition) is 3. The number of anilines is 1. The monoisotopic (exact) mass is 219 g/mol. The van der Waals surface area contributed by atoms with Gasteiger partial charge in [-0.15, -0.1) is 0 Å². The van der Waals surface area contributed by atoms with Crippen molar-refractivity contribution in [2.24, 2.45) is 0 Å². The van der Waals surface area contributed by atoms with Crippen LogP contribution in [0.5, 0.6) is 5.75 Å². The minimum atomic E-state index is -0.447. The molecule has 82 valence electrons. The Balaban J connectivity index is 2.61. The van der Waals surface area contributed by atoms with E-state index in [-0.39, 0.29) is 17.3 Å². The first-order valence-corrected chi connectivity index (χ1v) is 4.57. The van der Waals surface area contributed by atoms with Crippen LogP contribution in [0.15, 0.2) is 23.0 Å². The largest absolute Gasteiger partial charge is 0.507 e. The van der Waals surface area contributed by atoms with Crippen molar-refractivity contribution in [1.82, 2.24) is 9.97 Å². The zero-order chi connectivity index (χ0) is 11.7. The molecule has 0 bridgehead atoms. The normalized spacial score (nSPS) is 10.3. The van der Waals surface area contributed by atoms with E-state index in [1.807, 2.05) is 0 Å². The summed E-state index contributed by atoms with van der Waals surface area (Å²) in [6.07, 6.45) is 0. The number of carbonyl (C=O) groups excluding carboxylic acids is 1. The molecule has 0 aliphatic rings. The highest BCUT2D eigenvalue weighted by molar-refractivity contribution is 5.90. The molecule has 0 aromatic carbocycles. The maximum absolute atomic E-state index is 11.1. The third kappa shape index (κ3) is 1.85. The van der Waals surface area contributed by atoms with Crippen LogP contribution in [-0.4, -0.2) is 21.0 Å². The van der Waals surface area contributed by atoms with Gasteiger partial charge in [-0.3, -0.25) is 9.59 Å². The summed E-state index contributed by atoms with van der Waals surface area (Å²) in [5.74, 6) is -0.0729. The van der Waals surface area contributed by atoms with Crippen molar-refractivity contribution in [3.05, 3.63) is 28.6 Å². The third-order valence-corrected chi connectivity index (χ3v) is 1.98. The van der Waals surface area contributed by atoms with Crippen LogP contribution in [0.4, 0.5) is 5.82 Å². The van der Waals surface area contributed by atoms with Crippen LogP contribution in [0.2, 0.25) is 0 Å². The van der Waals surface area contributed by atoms with E-state index in [0.717, 1.165) is 6.07 Å². The first kappa shape index (κ1) is 10.2. The fourth-order valence-corrected chi connectivity index (χ4v) is 1.37. The fraction of sp³-hybridized carbons (Fsp3) is 0.100. The number of aromatic hydroxyl groups is 1. The second kappa shape index (κ2) is 3.65. The quantitative estimate of drug-likeness (QED) is 0.654. The number of nitrogens with one attached hydrogen (secondary N) is 2. The number of carbonyl (C=O) groups is 1. The number of H-pyrrole nitrogens is 1. The molecule has 0 fully saturated rings. The Labute approximate surface area is 89.9 Å². The van der Waals surface area contributed by atoms with Gasteiger partial charge in [-0.2, -0.15) is 0 Å². The van der Waals surface area contributed by atoms with Gasteiger partial charge in [0.25, 0.3) is 5.56 Å². The minimum absolute atomic E-state index is 0.138. The molecule has 1 amide bonds. The van der Waals surface area contributed by atoms with Crippen molar-refractivity contribution in [1.29, 1.82) is 0 Å². The van der Waals surface area contributed by atoms with E-state index in [2.05, 4.69) is 15.3 Å². The molecule has 2 aromatic heterocycles. The lowest BCUT2D eigenvalue weighted by atomic mass is 10.2. The first-order valence-electron chi connectivity index (χ1n) is 4.57. The van der Waals surface area contributed by atoms with Gasteiger partial charge in [-0.25, -0.2) is 4.98 Å². The maximum Gasteiger partial charge on any atom is 0.253 e. The zero-order valence-electron chi connectivity index (χ0n) is 8.44. The van der Waals surface area contributed by atoms with E-state index in [1.54, 1.807) is 12.1 Å². The molecule has 6 heteroatoms. The molecule has 2 aromatic rings. The van der Waals surface area contributed by atoms with Gasteiger partial charge in [-0.05, 0) is 12.1 Å². The van der Waals surface area contributed by atoms with Crippen LogP contribution in [0, 0.1) is 0 Å². The van der Waals surface area contributed by atoms with Gasteiger partial charge in [0.1, 0.15) is 17.2 Å². The molecule has 0 saturated carbocycles. The summed E-state index contributed by atoms with van der Waals surface area (Å²) < 4.78 is 0. The lowest BCUT2D eigenvalue weighted by Crippen LogP contribution is -2.09. The van der Waals surface area contributed by atoms with Crippen LogP contribution in [0.3, 0.4) is 0 Å². The Morgan fingerprint density at radius 1 is 1.50 bits per heavy atom. The highest BCUT2D eigenvalue weighted by Crippen LogP contribution is 2.20. The highest BCUT2D eigenvalue weighted by Gasteiger charge is 2.05. The van der Waals surface area contributed by atoms with Crippen molar-refractivity contribution in [3.8, 4) is 5.75 Å². The Morgan fingerprint density at radius 2 is 2.25 bits per heavy atom. The average Bonchev–Trinajstić information content (AvgIpc) is 2.15. The summed E-state index contributed by atoms with van der Waals surface area (Å²) in [5, 5.41) is 12.4. The number of pyridine rings is 2. The standard InChI is InChI=1S/C10H9N3O3/c1-5(14)11-8-3-2-6-7(15)4-9(16)13-10(6)12-8/h2-4H,1H3,(H3,11,12,13,14,15,16). The summed E-state index contributed by atoms with van der Waals surface area (Å²) in [7, 11) is 0. The number of hydrogen-bond acceptors (Lipinski definition) is 4. The molecule has 2 heterocycles. The summed E-state index contributed by atoms with van der Waals surface area (Å²) >= 11 is 0. The third-order valence-electron chi connectivity index (χ3n) is 1.98. The van der Waals surface area contributed by atoms with Gasteiger partial charge in [0.2, 0.25) is 5.91 Å². The maximum atomic E-state index is 11.1. The molecule has 0 atom stereocenters. The second-order valence-electron chi connectivity index (χ2n) is 3.29. The van der Waals surface area contributed by atoms with Crippen molar-refractivity contribution in [2.75, 3.05) is 5.32 Å². The van der Waals surface area contributed by atoms with Gasteiger partial charge in [0.15, 0.2) is 0 Å². The SMILES string of the molecule is CC(=O)Nc1ccc2c(O)cc(=O)[nH]c2n1. The second-order valence-corrected chi connectivity index (χ2v) is 3.29. The molecular formula is C10H9N3O3. The smallest absolute Gasteiger partial charge is 0.253 e. The summed E-state index contributed by atoms with van der Waals surface area (Å²) in [4.78, 5) is 28.4. The van der Waals surface area contributed by atoms with E-state index in [9.17, 15) is 14.7 Å². The van der Waals surface area contributed by atoms with Gasteiger partial charge in [0.05, 0.1) is 5.39 Å². The van der Waals surface area contributed by atoms with Gasteiger partial charge >= 0.3 is 0 Å². The number of nitrogens with zero attached hydrogens (tertiary/aromatic N) is 1. The predicted molar refractivity (Wildman–Crippen MR) is 58.3 cm³/mol. The first-order chi connectivity index (χ1) is 7.56. The van der Waals surface area contributed by atoms with Gasteiger partial charge < -0.3 is 15.4 Å². The van der Waals surface area contributed by atoms with Crippen LogP contribution in [0.1, 0.15) is 6.92 Å². The lowest BCUT2D eigenvalue weighted by molar-refractivity contribution is -0.114. The van der Waals surface area contributed by atoms with E-state index < -0.39 is 5.56 Å². The van der Waals surface area contributed by atoms with Gasteiger partial charge in [-0.1, -0.05) is 0 Å². The summed E-state index contributed by atoms with van der Waals surface area (Å²) in [6, 6.07) is 4.18. The Morgan fingerprint density at radius 3 is 2.94 bits per heavy atom. The predicted octanol–water partition coefficient (Wildman–Crippen LogP) is 0.587. The molecule has 6 nitrogen and oxygen atoms in total. The van der Waals surface area contributed by atoms with E-state index in [1.165, 1.54) is 6.92 Å². The fourth-order valence-electron chi connectivity index (χ4n) is 1.37. The molecule has 0 saturated heterocycles. The van der Waals surface area contributed by atoms with E-state index in [0.29, 0.717) is 11.2 Å². The van der Waals surface area contributed by atoms with Crippen molar-refractivity contribution >= 4 is 22.8 Å². The number of rotatable bonds is 1. The van der Waals surface area contributed by atoms with Crippen LogP contribution in [-0.2, 0) is 4.79 Å². The number of aromatic amines is 1. The average molecular weight is 219 g/mol. The van der Waals surface area contributed by atoms with Gasteiger partial charge in [0, 0.05) is 13.0 Å². The Hall–Kier alpha value is -2.37. The molecule has 0 aliphatic carbocycles. The molecule has 0 aliphatic heterocycles. The minimum Gasteiger partial charge on any atom is -0.507 e. The summed E-state index contributed by atoms with van der Waals surface area (Å²) in [6.45, 7) is 1.36. The molecular weight excluding hydrogens is 210 g/mol. The molecule has 2 rings (SSSR count). The molecule has 0 spiro atoms. The highest BCUT2D eigenvalue weighted by atomic mass is 16.3. The molecule has 0 radical (unpaired) electrons. The number of fused-ring (bicyclic) bond motifs is 1. The Bertz CT molecular complexity index is 618. The van der Waals surface area contributed by atoms with Crippen molar-refractivity contribution < 1.29 is 9.90 Å². The van der Waals surface area contributed by atoms with Crippen molar-refractivity contribution in [3.63, 3.8) is 0 Å².